The van der Waals surface area contributed by atoms with Gasteiger partial charge in [0.15, 0.2) is 0 Å². The third-order valence-electron chi connectivity index (χ3n) is 2.82. The lowest BCUT2D eigenvalue weighted by molar-refractivity contribution is 0.208. The van der Waals surface area contributed by atoms with Crippen LogP contribution in [0, 0.1) is 11.6 Å². The molecule has 20 heavy (non-hydrogen) atoms. The first kappa shape index (κ1) is 15.0. The van der Waals surface area contributed by atoms with Crippen LogP contribution in [0.4, 0.5) is 8.78 Å². The second kappa shape index (κ2) is 5.95. The minimum Gasteiger partial charge on any atom is -0.497 e. The van der Waals surface area contributed by atoms with Gasteiger partial charge in [-0.25, -0.2) is 8.78 Å². The van der Waals surface area contributed by atoms with Crippen LogP contribution in [0.25, 0.3) is 0 Å². The van der Waals surface area contributed by atoms with Crippen LogP contribution in [0.5, 0.6) is 5.75 Å². The van der Waals surface area contributed by atoms with Crippen molar-refractivity contribution in [3.63, 3.8) is 0 Å². The lowest BCUT2D eigenvalue weighted by Gasteiger charge is -2.15. The van der Waals surface area contributed by atoms with Gasteiger partial charge in [0, 0.05) is 27.7 Å². The third kappa shape index (κ3) is 2.87. The van der Waals surface area contributed by atoms with Crippen LogP contribution in [-0.4, -0.2) is 12.2 Å². The Kier molecular flexibility index (Phi) is 4.48. The van der Waals surface area contributed by atoms with Crippen LogP contribution in [0.2, 0.25) is 10.0 Å². The topological polar surface area (TPSA) is 29.5 Å². The number of aliphatic hydroxyl groups excluding tert-OH is 1. The van der Waals surface area contributed by atoms with Crippen molar-refractivity contribution >= 4 is 23.2 Å². The van der Waals surface area contributed by atoms with Crippen LogP contribution >= 0.6 is 23.2 Å². The smallest absolute Gasteiger partial charge is 0.135 e. The molecule has 2 nitrogen and oxygen atoms in total. The molecule has 6 heteroatoms. The monoisotopic (exact) mass is 318 g/mol. The average molecular weight is 319 g/mol. The van der Waals surface area contributed by atoms with Gasteiger partial charge in [-0.3, -0.25) is 0 Å². The summed E-state index contributed by atoms with van der Waals surface area (Å²) in [7, 11) is 1.29. The number of benzene rings is 2. The highest BCUT2D eigenvalue weighted by Gasteiger charge is 2.23. The molecule has 0 spiro atoms. The quantitative estimate of drug-likeness (QED) is 0.911. The highest BCUT2D eigenvalue weighted by Crippen LogP contribution is 2.34. The van der Waals surface area contributed by atoms with E-state index >= 15 is 0 Å². The molecule has 1 atom stereocenters. The molecule has 2 aromatic rings. The van der Waals surface area contributed by atoms with Gasteiger partial charge in [0.05, 0.1) is 12.7 Å². The van der Waals surface area contributed by atoms with E-state index in [-0.39, 0.29) is 16.3 Å². The Hall–Kier alpha value is -1.36. The zero-order valence-electron chi connectivity index (χ0n) is 10.3. The molecule has 0 bridgehead atoms. The van der Waals surface area contributed by atoms with Gasteiger partial charge in [0.2, 0.25) is 0 Å². The fourth-order valence-electron chi connectivity index (χ4n) is 1.82. The van der Waals surface area contributed by atoms with Gasteiger partial charge >= 0.3 is 0 Å². The number of aliphatic hydroxyl groups is 1. The molecule has 0 amide bonds. The van der Waals surface area contributed by atoms with E-state index < -0.39 is 23.3 Å². The maximum absolute atomic E-state index is 13.9. The summed E-state index contributed by atoms with van der Waals surface area (Å²) >= 11 is 11.7. The minimum atomic E-state index is -1.54. The number of ether oxygens (including phenoxy) is 1. The van der Waals surface area contributed by atoms with E-state index in [4.69, 9.17) is 27.9 Å². The van der Waals surface area contributed by atoms with Crippen LogP contribution < -0.4 is 4.74 Å². The maximum Gasteiger partial charge on any atom is 0.135 e. The Bertz CT molecular complexity index is 624. The fraction of sp³-hybridized carbons (Fsp3) is 0.143. The summed E-state index contributed by atoms with van der Waals surface area (Å²) in [6.07, 6.45) is -1.54. The number of rotatable bonds is 3. The molecule has 0 aliphatic heterocycles. The van der Waals surface area contributed by atoms with E-state index in [1.54, 1.807) is 0 Å². The first-order chi connectivity index (χ1) is 9.43. The summed E-state index contributed by atoms with van der Waals surface area (Å²) in [4.78, 5) is 0. The van der Waals surface area contributed by atoms with Crippen molar-refractivity contribution in [1.82, 2.24) is 0 Å². The lowest BCUT2D eigenvalue weighted by Crippen LogP contribution is -2.07. The van der Waals surface area contributed by atoms with Gasteiger partial charge < -0.3 is 9.84 Å². The van der Waals surface area contributed by atoms with Gasteiger partial charge in [-0.2, -0.15) is 0 Å². The van der Waals surface area contributed by atoms with Crippen molar-refractivity contribution in [2.45, 2.75) is 6.10 Å². The molecule has 0 fully saturated rings. The number of methoxy groups -OCH3 is 1. The highest BCUT2D eigenvalue weighted by atomic mass is 35.5. The third-order valence-corrected chi connectivity index (χ3v) is 3.38. The van der Waals surface area contributed by atoms with Crippen molar-refractivity contribution in [2.24, 2.45) is 0 Å². The molecule has 2 rings (SSSR count). The highest BCUT2D eigenvalue weighted by molar-refractivity contribution is 6.35. The van der Waals surface area contributed by atoms with Gasteiger partial charge in [-0.1, -0.05) is 29.3 Å². The van der Waals surface area contributed by atoms with E-state index in [0.29, 0.717) is 5.02 Å². The Morgan fingerprint density at radius 3 is 2.20 bits per heavy atom. The standard InChI is InChI=1S/C14H10Cl2F2O2/c1-20-8-5-11(17)13(12(18)6-8)14(19)9-3-2-7(15)4-10(9)16/h2-6,14,19H,1H3. The summed E-state index contributed by atoms with van der Waals surface area (Å²) in [6, 6.07) is 6.27. The molecule has 0 saturated heterocycles. The van der Waals surface area contributed by atoms with Gasteiger partial charge in [0.25, 0.3) is 0 Å². The van der Waals surface area contributed by atoms with E-state index in [2.05, 4.69) is 0 Å². The Morgan fingerprint density at radius 1 is 1.10 bits per heavy atom. The summed E-state index contributed by atoms with van der Waals surface area (Å²) < 4.78 is 32.5. The summed E-state index contributed by atoms with van der Waals surface area (Å²) in [5.41, 5.74) is -0.325. The molecule has 106 valence electrons. The molecule has 0 aliphatic carbocycles. The summed E-state index contributed by atoms with van der Waals surface area (Å²) in [6.45, 7) is 0. The molecule has 0 aromatic heterocycles. The van der Waals surface area contributed by atoms with Gasteiger partial charge in [-0.15, -0.1) is 0 Å². The zero-order valence-corrected chi connectivity index (χ0v) is 11.8. The van der Waals surface area contributed by atoms with Crippen molar-refractivity contribution in [3.8, 4) is 5.75 Å². The van der Waals surface area contributed by atoms with E-state index in [0.717, 1.165) is 12.1 Å². The second-order valence-corrected chi connectivity index (χ2v) is 4.92. The van der Waals surface area contributed by atoms with Crippen LogP contribution in [-0.2, 0) is 0 Å². The molecule has 1 unspecified atom stereocenters. The first-order valence-corrected chi connectivity index (χ1v) is 6.35. The summed E-state index contributed by atoms with van der Waals surface area (Å²) in [5, 5.41) is 10.6. The van der Waals surface area contributed by atoms with E-state index in [1.165, 1.54) is 25.3 Å². The average Bonchev–Trinajstić information content (AvgIpc) is 2.37. The molecule has 0 radical (unpaired) electrons. The van der Waals surface area contributed by atoms with Crippen molar-refractivity contribution in [3.05, 3.63) is 63.1 Å². The zero-order chi connectivity index (χ0) is 14.9. The first-order valence-electron chi connectivity index (χ1n) is 5.60. The molecule has 0 aliphatic rings. The molecule has 0 saturated carbocycles. The van der Waals surface area contributed by atoms with Crippen LogP contribution in [0.3, 0.4) is 0 Å². The largest absolute Gasteiger partial charge is 0.497 e. The fourth-order valence-corrected chi connectivity index (χ4v) is 2.33. The maximum atomic E-state index is 13.9. The number of halogens is 4. The van der Waals surface area contributed by atoms with Crippen molar-refractivity contribution in [1.29, 1.82) is 0 Å². The molecular weight excluding hydrogens is 309 g/mol. The molecule has 0 heterocycles. The van der Waals surface area contributed by atoms with Crippen molar-refractivity contribution < 1.29 is 18.6 Å². The van der Waals surface area contributed by atoms with Crippen molar-refractivity contribution in [2.75, 3.05) is 7.11 Å². The lowest BCUT2D eigenvalue weighted by atomic mass is 10.00. The Morgan fingerprint density at radius 2 is 1.70 bits per heavy atom. The van der Waals surface area contributed by atoms with E-state index in [1.807, 2.05) is 0 Å². The van der Waals surface area contributed by atoms with Gasteiger partial charge in [0.1, 0.15) is 23.5 Å². The predicted molar refractivity (Wildman–Crippen MR) is 73.4 cm³/mol. The van der Waals surface area contributed by atoms with Crippen LogP contribution in [0.1, 0.15) is 17.2 Å². The second-order valence-electron chi connectivity index (χ2n) is 4.07. The number of hydrogen-bond donors (Lipinski definition) is 1. The van der Waals surface area contributed by atoms with Crippen LogP contribution in [0.15, 0.2) is 30.3 Å². The SMILES string of the molecule is COc1cc(F)c(C(O)c2ccc(Cl)cc2Cl)c(F)c1. The number of hydrogen-bond acceptors (Lipinski definition) is 2. The predicted octanol–water partition coefficient (Wildman–Crippen LogP) is 4.36. The van der Waals surface area contributed by atoms with Gasteiger partial charge in [-0.05, 0) is 12.1 Å². The van der Waals surface area contributed by atoms with E-state index in [9.17, 15) is 13.9 Å². The Balaban J connectivity index is 2.50. The molecule has 1 N–H and O–H groups in total. The Labute approximate surface area is 124 Å². The minimum absolute atomic E-state index is 0.0261. The molecule has 2 aromatic carbocycles. The molecular formula is C14H10Cl2F2O2. The summed E-state index contributed by atoms with van der Waals surface area (Å²) in [5.74, 6) is -1.81. The normalized spacial score (nSPS) is 12.3.